The molecule has 0 aliphatic rings. The van der Waals surface area contributed by atoms with Gasteiger partial charge in [0.15, 0.2) is 0 Å². The summed E-state index contributed by atoms with van der Waals surface area (Å²) in [5, 5.41) is 0. The number of benzene rings is 2. The van der Waals surface area contributed by atoms with Gasteiger partial charge in [-0.05, 0) is 42.0 Å². The molecule has 3 N–H and O–H groups in total. The van der Waals surface area contributed by atoms with Crippen LogP contribution >= 0.6 is 0 Å². The lowest BCUT2D eigenvalue weighted by Crippen LogP contribution is -2.31. The van der Waals surface area contributed by atoms with E-state index in [0.29, 0.717) is 17.0 Å². The summed E-state index contributed by atoms with van der Waals surface area (Å²) in [7, 11) is -2.26. The van der Waals surface area contributed by atoms with Crippen LogP contribution in [0.2, 0.25) is 0 Å². The third-order valence-corrected chi connectivity index (χ3v) is 4.15. The van der Waals surface area contributed by atoms with Crippen LogP contribution in [0.5, 0.6) is 5.75 Å². The first-order valence-electron chi connectivity index (χ1n) is 6.43. The molecule has 0 aromatic heterocycles. The van der Waals surface area contributed by atoms with Crippen molar-refractivity contribution in [1.82, 2.24) is 4.72 Å². The predicted octanol–water partition coefficient (Wildman–Crippen LogP) is 1.54. The van der Waals surface area contributed by atoms with Crippen LogP contribution < -0.4 is 15.2 Å². The molecule has 0 unspecified atom stereocenters. The lowest BCUT2D eigenvalue weighted by Gasteiger charge is -2.08. The van der Waals surface area contributed by atoms with E-state index in [1.54, 1.807) is 24.3 Å². The zero-order chi connectivity index (χ0) is 16.2. The quantitative estimate of drug-likeness (QED) is 0.814. The number of hydrogen-bond donors (Lipinski definition) is 2. The van der Waals surface area contributed by atoms with Gasteiger partial charge in [0.05, 0.1) is 12.9 Å². The van der Waals surface area contributed by atoms with Crippen molar-refractivity contribution in [3.63, 3.8) is 0 Å². The number of nitrogens with one attached hydrogen (secondary N) is 1. The Kier molecular flexibility index (Phi) is 4.67. The van der Waals surface area contributed by atoms with Gasteiger partial charge in [-0.3, -0.25) is 4.79 Å². The van der Waals surface area contributed by atoms with Gasteiger partial charge in [-0.25, -0.2) is 13.1 Å². The van der Waals surface area contributed by atoms with E-state index in [-0.39, 0.29) is 11.3 Å². The Labute approximate surface area is 129 Å². The summed E-state index contributed by atoms with van der Waals surface area (Å²) in [5.74, 6) is -0.349. The van der Waals surface area contributed by atoms with Gasteiger partial charge in [0.25, 0.3) is 5.91 Å². The van der Waals surface area contributed by atoms with Gasteiger partial charge in [-0.1, -0.05) is 12.1 Å². The third kappa shape index (κ3) is 4.23. The van der Waals surface area contributed by atoms with E-state index in [0.717, 1.165) is 0 Å². The first-order chi connectivity index (χ1) is 10.4. The second-order valence-corrected chi connectivity index (χ2v) is 6.38. The van der Waals surface area contributed by atoms with Crippen molar-refractivity contribution in [2.75, 3.05) is 12.8 Å². The van der Waals surface area contributed by atoms with E-state index in [9.17, 15) is 13.2 Å². The van der Waals surface area contributed by atoms with E-state index < -0.39 is 15.9 Å². The molecule has 0 spiro atoms. The van der Waals surface area contributed by atoms with Crippen molar-refractivity contribution in [3.8, 4) is 5.75 Å². The Hall–Kier alpha value is -2.54. The van der Waals surface area contributed by atoms with Crippen molar-refractivity contribution in [2.24, 2.45) is 0 Å². The van der Waals surface area contributed by atoms with E-state index in [1.165, 1.54) is 31.4 Å². The topological polar surface area (TPSA) is 98.5 Å². The monoisotopic (exact) mass is 320 g/mol. The third-order valence-electron chi connectivity index (χ3n) is 2.94. The van der Waals surface area contributed by atoms with Crippen molar-refractivity contribution >= 4 is 21.6 Å². The first-order valence-corrected chi connectivity index (χ1v) is 8.08. The molecule has 6 nitrogen and oxygen atoms in total. The van der Waals surface area contributed by atoms with Gasteiger partial charge in [-0.15, -0.1) is 0 Å². The minimum Gasteiger partial charge on any atom is -0.497 e. The zero-order valence-electron chi connectivity index (χ0n) is 11.9. The number of rotatable bonds is 5. The Bertz CT molecular complexity index is 753. The van der Waals surface area contributed by atoms with Crippen molar-refractivity contribution in [2.45, 2.75) is 5.75 Å². The molecule has 0 heterocycles. The zero-order valence-corrected chi connectivity index (χ0v) is 12.8. The number of sulfonamides is 1. The molecule has 7 heteroatoms. The van der Waals surface area contributed by atoms with Crippen molar-refractivity contribution in [1.29, 1.82) is 0 Å². The lowest BCUT2D eigenvalue weighted by molar-refractivity contribution is 0.0981. The van der Waals surface area contributed by atoms with Gasteiger partial charge in [0.1, 0.15) is 5.75 Å². The Morgan fingerprint density at radius 1 is 1.09 bits per heavy atom. The number of nitrogen functional groups attached to an aromatic ring is 1. The van der Waals surface area contributed by atoms with Crippen LogP contribution in [-0.2, 0) is 15.8 Å². The fourth-order valence-corrected chi connectivity index (χ4v) is 2.92. The molecule has 22 heavy (non-hydrogen) atoms. The molecule has 0 saturated carbocycles. The highest BCUT2D eigenvalue weighted by atomic mass is 32.2. The fraction of sp³-hybridized carbons (Fsp3) is 0.133. The second-order valence-electron chi connectivity index (χ2n) is 4.66. The van der Waals surface area contributed by atoms with Crippen LogP contribution in [0.3, 0.4) is 0 Å². The molecule has 0 bridgehead atoms. The number of anilines is 1. The van der Waals surface area contributed by atoms with E-state index >= 15 is 0 Å². The molecule has 0 atom stereocenters. The minimum atomic E-state index is -3.78. The molecule has 0 radical (unpaired) electrons. The number of carbonyl (C=O) groups excluding carboxylic acids is 1. The minimum absolute atomic E-state index is 0.229. The fourth-order valence-electron chi connectivity index (χ4n) is 1.81. The predicted molar refractivity (Wildman–Crippen MR) is 83.9 cm³/mol. The van der Waals surface area contributed by atoms with Crippen molar-refractivity contribution < 1.29 is 17.9 Å². The van der Waals surface area contributed by atoms with Gasteiger partial charge in [0, 0.05) is 11.3 Å². The summed E-state index contributed by atoms with van der Waals surface area (Å²) < 4.78 is 31.1. The van der Waals surface area contributed by atoms with Crippen LogP contribution in [-0.4, -0.2) is 21.4 Å². The van der Waals surface area contributed by atoms with Crippen molar-refractivity contribution in [3.05, 3.63) is 59.7 Å². The van der Waals surface area contributed by atoms with Crippen LogP contribution in [0.15, 0.2) is 48.5 Å². The molecule has 2 rings (SSSR count). The number of methoxy groups -OCH3 is 1. The maximum atomic E-state index is 12.0. The number of hydrogen-bond acceptors (Lipinski definition) is 5. The number of amides is 1. The highest BCUT2D eigenvalue weighted by molar-refractivity contribution is 7.89. The molecular formula is C15H16N2O4S. The highest BCUT2D eigenvalue weighted by Crippen LogP contribution is 2.13. The normalized spacial score (nSPS) is 11.0. The summed E-state index contributed by atoms with van der Waals surface area (Å²) in [6.07, 6.45) is 0. The van der Waals surface area contributed by atoms with Crippen LogP contribution in [0.25, 0.3) is 0 Å². The molecular weight excluding hydrogens is 304 g/mol. The van der Waals surface area contributed by atoms with E-state index in [2.05, 4.69) is 0 Å². The number of carbonyl (C=O) groups is 1. The van der Waals surface area contributed by atoms with Gasteiger partial charge < -0.3 is 10.5 Å². The van der Waals surface area contributed by atoms with Gasteiger partial charge in [0.2, 0.25) is 10.0 Å². The number of nitrogens with two attached hydrogens (primary N) is 1. The van der Waals surface area contributed by atoms with Crippen LogP contribution in [0, 0.1) is 0 Å². The molecule has 116 valence electrons. The standard InChI is InChI=1S/C15H16N2O4S/c1-21-14-8-2-11(3-9-14)10-22(19,20)17-15(18)12-4-6-13(16)7-5-12/h2-9H,10,16H2,1H3,(H,17,18). The van der Waals surface area contributed by atoms with Gasteiger partial charge >= 0.3 is 0 Å². The number of ether oxygens (including phenoxy) is 1. The molecule has 0 aliphatic carbocycles. The van der Waals surface area contributed by atoms with Gasteiger partial charge in [-0.2, -0.15) is 0 Å². The maximum Gasteiger partial charge on any atom is 0.264 e. The molecule has 2 aromatic carbocycles. The molecule has 1 amide bonds. The highest BCUT2D eigenvalue weighted by Gasteiger charge is 2.16. The van der Waals surface area contributed by atoms with E-state index in [4.69, 9.17) is 10.5 Å². The second kappa shape index (κ2) is 6.48. The summed E-state index contributed by atoms with van der Waals surface area (Å²) in [6.45, 7) is 0. The average Bonchev–Trinajstić information content (AvgIpc) is 2.47. The molecule has 0 aliphatic heterocycles. The SMILES string of the molecule is COc1ccc(CS(=O)(=O)NC(=O)c2ccc(N)cc2)cc1. The first kappa shape index (κ1) is 15.8. The molecule has 0 saturated heterocycles. The Morgan fingerprint density at radius 2 is 1.68 bits per heavy atom. The smallest absolute Gasteiger partial charge is 0.264 e. The summed E-state index contributed by atoms with van der Waals surface area (Å²) >= 11 is 0. The van der Waals surface area contributed by atoms with Crippen LogP contribution in [0.4, 0.5) is 5.69 Å². The molecule has 0 fully saturated rings. The summed E-state index contributed by atoms with van der Waals surface area (Å²) in [6, 6.07) is 12.6. The Balaban J connectivity index is 2.06. The Morgan fingerprint density at radius 3 is 2.23 bits per heavy atom. The van der Waals surface area contributed by atoms with Crippen LogP contribution in [0.1, 0.15) is 15.9 Å². The maximum absolute atomic E-state index is 12.0. The molecule has 2 aromatic rings. The lowest BCUT2D eigenvalue weighted by atomic mass is 10.2. The largest absolute Gasteiger partial charge is 0.497 e. The average molecular weight is 320 g/mol. The van der Waals surface area contributed by atoms with E-state index in [1.807, 2.05) is 4.72 Å². The summed E-state index contributed by atoms with van der Waals surface area (Å²) in [4.78, 5) is 11.9. The summed E-state index contributed by atoms with van der Waals surface area (Å²) in [5.41, 5.74) is 6.80.